The number of aliphatic hydroxyl groups excluding tert-OH is 1. The topological polar surface area (TPSA) is 80.4 Å². The molecule has 0 spiro atoms. The first-order chi connectivity index (χ1) is 15.6. The van der Waals surface area contributed by atoms with E-state index in [4.69, 9.17) is 5.73 Å². The third-order valence-electron chi connectivity index (χ3n) is 13.1. The van der Waals surface area contributed by atoms with Gasteiger partial charge in [0, 0.05) is 11.3 Å². The minimum absolute atomic E-state index is 0.00487. The number of fused-ring (bicyclic) bond motifs is 7. The summed E-state index contributed by atoms with van der Waals surface area (Å²) in [5, 5.41) is 10.9. The summed E-state index contributed by atoms with van der Waals surface area (Å²) in [5.74, 6) is 0.713. The number of hydrogen-bond donors (Lipinski definition) is 2. The predicted octanol–water partition coefficient (Wildman–Crippen LogP) is 5.81. The molecule has 4 heteroatoms. The fourth-order valence-corrected chi connectivity index (χ4v) is 10.4. The van der Waals surface area contributed by atoms with Crippen molar-refractivity contribution in [3.05, 3.63) is 11.6 Å². The van der Waals surface area contributed by atoms with Gasteiger partial charge in [0.2, 0.25) is 5.91 Å². The number of nitrogens with two attached hydrogens (primary N) is 1. The highest BCUT2D eigenvalue weighted by Crippen LogP contribution is 2.75. The number of carbonyl (C=O) groups is 2. The van der Waals surface area contributed by atoms with Crippen molar-refractivity contribution in [1.82, 2.24) is 0 Å². The minimum atomic E-state index is -0.489. The van der Waals surface area contributed by atoms with Crippen molar-refractivity contribution >= 4 is 11.7 Å². The van der Waals surface area contributed by atoms with Crippen LogP contribution < -0.4 is 5.73 Å². The second-order valence-corrected chi connectivity index (χ2v) is 15.0. The van der Waals surface area contributed by atoms with Crippen molar-refractivity contribution < 1.29 is 14.7 Å². The Labute approximate surface area is 206 Å². The molecule has 9 atom stereocenters. The fourth-order valence-electron chi connectivity index (χ4n) is 10.4. The summed E-state index contributed by atoms with van der Waals surface area (Å²) >= 11 is 0. The molecule has 3 N–H and O–H groups in total. The number of hydrogen-bond acceptors (Lipinski definition) is 3. The highest BCUT2D eigenvalue weighted by atomic mass is 16.3. The van der Waals surface area contributed by atoms with E-state index in [1.165, 1.54) is 5.57 Å². The predicted molar refractivity (Wildman–Crippen MR) is 135 cm³/mol. The molecule has 5 aliphatic rings. The monoisotopic (exact) mass is 469 g/mol. The zero-order chi connectivity index (χ0) is 25.1. The fraction of sp³-hybridized carbons (Fsp3) is 0.867. The molecule has 0 radical (unpaired) electrons. The number of primary amides is 1. The molecule has 5 rings (SSSR count). The molecule has 4 fully saturated rings. The van der Waals surface area contributed by atoms with Gasteiger partial charge in [0.1, 0.15) is 0 Å². The van der Waals surface area contributed by atoms with Gasteiger partial charge < -0.3 is 10.8 Å². The highest BCUT2D eigenvalue weighted by Gasteiger charge is 2.70. The Hall–Kier alpha value is -1.16. The van der Waals surface area contributed by atoms with Crippen LogP contribution in [0.2, 0.25) is 0 Å². The lowest BCUT2D eigenvalue weighted by Gasteiger charge is -2.70. The molecule has 0 bridgehead atoms. The second kappa shape index (κ2) is 6.99. The first-order valence-corrected chi connectivity index (χ1v) is 13.8. The van der Waals surface area contributed by atoms with Gasteiger partial charge in [0.15, 0.2) is 5.78 Å². The van der Waals surface area contributed by atoms with Gasteiger partial charge in [-0.3, -0.25) is 9.59 Å². The Morgan fingerprint density at radius 2 is 1.59 bits per heavy atom. The van der Waals surface area contributed by atoms with Crippen LogP contribution >= 0.6 is 0 Å². The number of amides is 1. The third-order valence-corrected chi connectivity index (χ3v) is 13.1. The van der Waals surface area contributed by atoms with E-state index in [2.05, 4.69) is 47.6 Å². The van der Waals surface area contributed by atoms with Crippen LogP contribution in [0.4, 0.5) is 0 Å². The van der Waals surface area contributed by atoms with Gasteiger partial charge in [-0.15, -0.1) is 0 Å². The lowest BCUT2D eigenvalue weighted by molar-refractivity contribution is -0.202. The minimum Gasteiger partial charge on any atom is -0.393 e. The van der Waals surface area contributed by atoms with E-state index < -0.39 is 5.41 Å². The van der Waals surface area contributed by atoms with E-state index in [9.17, 15) is 14.7 Å². The summed E-state index contributed by atoms with van der Waals surface area (Å²) in [6, 6.07) is 0. The van der Waals surface area contributed by atoms with Gasteiger partial charge in [0.05, 0.1) is 6.10 Å². The Morgan fingerprint density at radius 3 is 2.24 bits per heavy atom. The normalized spacial score (nSPS) is 54.1. The first kappa shape index (κ1) is 24.5. The van der Waals surface area contributed by atoms with Gasteiger partial charge in [-0.25, -0.2) is 0 Å². The van der Waals surface area contributed by atoms with E-state index >= 15 is 0 Å². The van der Waals surface area contributed by atoms with Crippen LogP contribution in [-0.2, 0) is 9.59 Å². The number of carbonyl (C=O) groups excluding carboxylic acids is 2. The van der Waals surface area contributed by atoms with E-state index in [1.807, 2.05) is 6.92 Å². The van der Waals surface area contributed by atoms with Gasteiger partial charge in [-0.2, -0.15) is 0 Å². The third kappa shape index (κ3) is 2.81. The number of allylic oxidation sites excluding steroid dienone is 2. The summed E-state index contributed by atoms with van der Waals surface area (Å²) in [6.07, 6.45) is 10.5. The molecule has 0 aromatic heterocycles. The molecule has 4 nitrogen and oxygen atoms in total. The number of rotatable bonds is 1. The van der Waals surface area contributed by atoms with Gasteiger partial charge in [-0.05, 0) is 103 Å². The lowest BCUT2D eigenvalue weighted by atomic mass is 9.33. The summed E-state index contributed by atoms with van der Waals surface area (Å²) in [5.41, 5.74) is 6.49. The molecule has 1 amide bonds. The molecular weight excluding hydrogens is 422 g/mol. The summed E-state index contributed by atoms with van der Waals surface area (Å²) < 4.78 is 0. The van der Waals surface area contributed by atoms with Crippen molar-refractivity contribution in [2.75, 3.05) is 0 Å². The molecule has 190 valence electrons. The summed E-state index contributed by atoms with van der Waals surface area (Å²) in [7, 11) is 0. The maximum absolute atomic E-state index is 14.2. The number of aliphatic hydroxyl groups is 1. The van der Waals surface area contributed by atoms with E-state index in [0.29, 0.717) is 11.7 Å². The summed E-state index contributed by atoms with van der Waals surface area (Å²) in [6.45, 7) is 16.1. The molecule has 0 saturated heterocycles. The maximum atomic E-state index is 14.2. The second-order valence-electron chi connectivity index (χ2n) is 15.0. The van der Waals surface area contributed by atoms with Gasteiger partial charge >= 0.3 is 0 Å². The van der Waals surface area contributed by atoms with Crippen LogP contribution in [0.3, 0.4) is 0 Å². The van der Waals surface area contributed by atoms with Crippen molar-refractivity contribution in [2.24, 2.45) is 56.0 Å². The summed E-state index contributed by atoms with van der Waals surface area (Å²) in [4.78, 5) is 26.7. The largest absolute Gasteiger partial charge is 0.393 e. The first-order valence-electron chi connectivity index (χ1n) is 13.8. The SMILES string of the molecule is CC1(C)[C@@H](O)CC[C@]2(C)[C@H]3C(=O)C=C4[C@@H]5C[C@@](C)(C(N)=O)CC[C@]5(C)CC[C@@]4(C)[C@]3(C)CC[C@@H]12. The maximum Gasteiger partial charge on any atom is 0.223 e. The van der Waals surface area contributed by atoms with Crippen molar-refractivity contribution in [1.29, 1.82) is 0 Å². The Morgan fingerprint density at radius 1 is 0.941 bits per heavy atom. The molecule has 4 saturated carbocycles. The van der Waals surface area contributed by atoms with Crippen LogP contribution in [-0.4, -0.2) is 22.9 Å². The molecule has 0 aliphatic heterocycles. The quantitative estimate of drug-likeness (QED) is 0.508. The Balaban J connectivity index is 1.62. The molecule has 34 heavy (non-hydrogen) atoms. The molecule has 0 heterocycles. The zero-order valence-corrected chi connectivity index (χ0v) is 22.6. The molecule has 0 aromatic carbocycles. The van der Waals surface area contributed by atoms with Crippen LogP contribution in [0.5, 0.6) is 0 Å². The van der Waals surface area contributed by atoms with Gasteiger partial charge in [-0.1, -0.05) is 54.0 Å². The van der Waals surface area contributed by atoms with Crippen LogP contribution in [0.25, 0.3) is 0 Å². The van der Waals surface area contributed by atoms with E-state index in [-0.39, 0.29) is 50.9 Å². The van der Waals surface area contributed by atoms with E-state index in [0.717, 1.165) is 57.8 Å². The van der Waals surface area contributed by atoms with Gasteiger partial charge in [0.25, 0.3) is 0 Å². The van der Waals surface area contributed by atoms with Crippen LogP contribution in [0, 0.1) is 50.2 Å². The highest BCUT2D eigenvalue weighted by molar-refractivity contribution is 5.95. The van der Waals surface area contributed by atoms with E-state index in [1.54, 1.807) is 0 Å². The van der Waals surface area contributed by atoms with Crippen LogP contribution in [0.1, 0.15) is 106 Å². The molecular formula is C30H47NO3. The average Bonchev–Trinajstić information content (AvgIpc) is 2.73. The molecule has 5 aliphatic carbocycles. The van der Waals surface area contributed by atoms with Crippen molar-refractivity contribution in [2.45, 2.75) is 112 Å². The Kier molecular flexibility index (Phi) is 5.04. The average molecular weight is 470 g/mol. The van der Waals surface area contributed by atoms with Crippen LogP contribution in [0.15, 0.2) is 11.6 Å². The zero-order valence-electron chi connectivity index (χ0n) is 22.6. The van der Waals surface area contributed by atoms with Crippen molar-refractivity contribution in [3.8, 4) is 0 Å². The molecule has 0 unspecified atom stereocenters. The standard InChI is InChI=1S/C30H47NO3/c1-25(2)21-8-11-30(7)23(28(21,5)10-9-22(25)33)20(32)16-18-19-17-27(4,24(31)34)13-12-26(19,3)14-15-29(18,30)6/h16,19,21-23,33H,8-15,17H2,1-7H3,(H2,31,34)/t19-,21-,22-,23+,26+,27-,28-,29+,30+/m0/s1. The lowest BCUT2D eigenvalue weighted by Crippen LogP contribution is -2.66. The smallest absolute Gasteiger partial charge is 0.223 e. The number of ketones is 1. The Bertz CT molecular complexity index is 968. The molecule has 0 aromatic rings. The van der Waals surface area contributed by atoms with Crippen molar-refractivity contribution in [3.63, 3.8) is 0 Å².